The number of hydrogen-bond donors (Lipinski definition) is 1. The summed E-state index contributed by atoms with van der Waals surface area (Å²) in [7, 11) is -4.09. The Bertz CT molecular complexity index is 1450. The summed E-state index contributed by atoms with van der Waals surface area (Å²) in [5, 5.41) is 2.99. The van der Waals surface area contributed by atoms with Gasteiger partial charge in [0.25, 0.3) is 10.0 Å². The molecule has 214 valence electrons. The van der Waals surface area contributed by atoms with E-state index in [4.69, 9.17) is 0 Å². The highest BCUT2D eigenvalue weighted by atomic mass is 32.2. The predicted molar refractivity (Wildman–Crippen MR) is 161 cm³/mol. The molecule has 0 saturated carbocycles. The van der Waals surface area contributed by atoms with Gasteiger partial charge in [-0.05, 0) is 77.3 Å². The Morgan fingerprint density at radius 2 is 1.52 bits per heavy atom. The third-order valence-corrected chi connectivity index (χ3v) is 8.32. The van der Waals surface area contributed by atoms with E-state index in [1.165, 1.54) is 17.0 Å². The van der Waals surface area contributed by atoms with Crippen LogP contribution in [-0.2, 0) is 26.2 Å². The number of nitrogens with one attached hydrogen (secondary N) is 1. The Labute approximate surface area is 239 Å². The van der Waals surface area contributed by atoms with Gasteiger partial charge in [-0.3, -0.25) is 13.9 Å². The van der Waals surface area contributed by atoms with E-state index >= 15 is 0 Å². The van der Waals surface area contributed by atoms with Gasteiger partial charge in [-0.1, -0.05) is 72.6 Å². The minimum Gasteiger partial charge on any atom is -0.350 e. The van der Waals surface area contributed by atoms with Crippen LogP contribution in [0.1, 0.15) is 56.4 Å². The third kappa shape index (κ3) is 7.72. The van der Waals surface area contributed by atoms with Crippen LogP contribution in [0.4, 0.5) is 5.69 Å². The van der Waals surface area contributed by atoms with E-state index in [2.05, 4.69) is 5.32 Å². The highest BCUT2D eigenvalue weighted by molar-refractivity contribution is 7.92. The van der Waals surface area contributed by atoms with Gasteiger partial charge in [-0.25, -0.2) is 8.42 Å². The molecule has 3 rings (SSSR count). The molecule has 0 radical (unpaired) electrons. The van der Waals surface area contributed by atoms with Crippen LogP contribution in [0.25, 0.3) is 0 Å². The van der Waals surface area contributed by atoms with E-state index in [0.29, 0.717) is 12.1 Å². The lowest BCUT2D eigenvalue weighted by Crippen LogP contribution is -2.55. The van der Waals surface area contributed by atoms with Crippen LogP contribution >= 0.6 is 0 Å². The van der Waals surface area contributed by atoms with Gasteiger partial charge in [0.1, 0.15) is 12.6 Å². The van der Waals surface area contributed by atoms with Gasteiger partial charge in [0.2, 0.25) is 11.8 Å². The molecule has 1 atom stereocenters. The first-order valence-corrected chi connectivity index (χ1v) is 15.0. The molecule has 7 nitrogen and oxygen atoms in total. The Morgan fingerprint density at radius 3 is 2.10 bits per heavy atom. The fourth-order valence-electron chi connectivity index (χ4n) is 4.70. The van der Waals surface area contributed by atoms with Crippen LogP contribution in [0.5, 0.6) is 0 Å². The summed E-state index contributed by atoms with van der Waals surface area (Å²) >= 11 is 0. The second-order valence-corrected chi connectivity index (χ2v) is 13.2. The number of aryl methyl sites for hydroxylation is 3. The van der Waals surface area contributed by atoms with E-state index in [0.717, 1.165) is 26.6 Å². The van der Waals surface area contributed by atoms with Crippen molar-refractivity contribution in [3.05, 3.63) is 95.1 Å². The van der Waals surface area contributed by atoms with E-state index in [9.17, 15) is 18.0 Å². The topological polar surface area (TPSA) is 86.8 Å². The van der Waals surface area contributed by atoms with Crippen molar-refractivity contribution >= 4 is 27.5 Å². The van der Waals surface area contributed by atoms with E-state index < -0.39 is 34.1 Å². The van der Waals surface area contributed by atoms with Gasteiger partial charge < -0.3 is 10.2 Å². The van der Waals surface area contributed by atoms with Gasteiger partial charge in [0.05, 0.1) is 10.6 Å². The van der Waals surface area contributed by atoms with Gasteiger partial charge in [0, 0.05) is 12.1 Å². The summed E-state index contributed by atoms with van der Waals surface area (Å²) in [5.41, 5.74) is 3.53. The highest BCUT2D eigenvalue weighted by Gasteiger charge is 2.35. The SMILES string of the molecule is CCC(C(=O)NC(C)(C)C)N(Cc1cccc(C)c1)C(=O)CN(c1ccc(C)cc1C)S(=O)(=O)c1ccccc1. The van der Waals surface area contributed by atoms with Crippen molar-refractivity contribution in [3.8, 4) is 0 Å². The monoisotopic (exact) mass is 563 g/mol. The fourth-order valence-corrected chi connectivity index (χ4v) is 6.20. The van der Waals surface area contributed by atoms with Crippen LogP contribution in [0, 0.1) is 20.8 Å². The second kappa shape index (κ2) is 12.7. The molecule has 0 heterocycles. The number of sulfonamides is 1. The number of carbonyl (C=O) groups is 2. The lowest BCUT2D eigenvalue weighted by Gasteiger charge is -2.35. The molecule has 0 aliphatic rings. The zero-order valence-electron chi connectivity index (χ0n) is 24.6. The average molecular weight is 564 g/mol. The molecule has 0 aromatic heterocycles. The quantitative estimate of drug-likeness (QED) is 0.352. The summed E-state index contributed by atoms with van der Waals surface area (Å²) in [5.74, 6) is -0.739. The Morgan fingerprint density at radius 1 is 0.875 bits per heavy atom. The second-order valence-electron chi connectivity index (χ2n) is 11.3. The molecule has 40 heavy (non-hydrogen) atoms. The van der Waals surface area contributed by atoms with E-state index in [1.807, 2.05) is 84.9 Å². The number of carbonyl (C=O) groups excluding carboxylic acids is 2. The molecule has 0 bridgehead atoms. The van der Waals surface area contributed by atoms with Crippen molar-refractivity contribution in [1.82, 2.24) is 10.2 Å². The van der Waals surface area contributed by atoms with E-state index in [-0.39, 0.29) is 17.3 Å². The van der Waals surface area contributed by atoms with Crippen molar-refractivity contribution in [2.24, 2.45) is 0 Å². The Hall–Kier alpha value is -3.65. The standard InChI is InChI=1S/C32H41N3O4S/c1-8-28(31(37)33-32(5,6)7)34(21-26-14-12-13-23(2)20-26)30(36)22-35(29-18-17-24(3)19-25(29)4)40(38,39)27-15-10-9-11-16-27/h9-20,28H,8,21-22H2,1-7H3,(H,33,37). The van der Waals surface area contributed by atoms with Gasteiger partial charge in [-0.2, -0.15) is 0 Å². The third-order valence-electron chi connectivity index (χ3n) is 6.55. The molecule has 0 aliphatic carbocycles. The number of anilines is 1. The molecular weight excluding hydrogens is 522 g/mol. The molecule has 1 N–H and O–H groups in total. The van der Waals surface area contributed by atoms with Crippen LogP contribution < -0.4 is 9.62 Å². The minimum absolute atomic E-state index is 0.0885. The average Bonchev–Trinajstić information content (AvgIpc) is 2.87. The summed E-state index contributed by atoms with van der Waals surface area (Å²) in [6.07, 6.45) is 0.370. The fraction of sp³-hybridized carbons (Fsp3) is 0.375. The first kappa shape index (κ1) is 30.9. The molecule has 2 amide bonds. The van der Waals surface area contributed by atoms with Crippen molar-refractivity contribution < 1.29 is 18.0 Å². The normalized spacial score (nSPS) is 12.5. The number of hydrogen-bond acceptors (Lipinski definition) is 4. The Kier molecular flexibility index (Phi) is 9.79. The van der Waals surface area contributed by atoms with Crippen molar-refractivity contribution in [2.45, 2.75) is 77.9 Å². The molecule has 0 spiro atoms. The maximum atomic E-state index is 14.2. The molecule has 3 aromatic carbocycles. The molecule has 0 fully saturated rings. The smallest absolute Gasteiger partial charge is 0.264 e. The largest absolute Gasteiger partial charge is 0.350 e. The molecular formula is C32H41N3O4S. The van der Waals surface area contributed by atoms with Gasteiger partial charge >= 0.3 is 0 Å². The van der Waals surface area contributed by atoms with Gasteiger partial charge in [-0.15, -0.1) is 0 Å². The summed E-state index contributed by atoms with van der Waals surface area (Å²) in [6.45, 7) is 13.0. The van der Waals surface area contributed by atoms with Crippen molar-refractivity contribution in [2.75, 3.05) is 10.8 Å². The lowest BCUT2D eigenvalue weighted by atomic mass is 10.0. The first-order chi connectivity index (χ1) is 18.7. The van der Waals surface area contributed by atoms with Gasteiger partial charge in [0.15, 0.2) is 0 Å². The first-order valence-electron chi connectivity index (χ1n) is 13.5. The summed E-state index contributed by atoms with van der Waals surface area (Å²) < 4.78 is 29.1. The zero-order chi connectivity index (χ0) is 29.7. The maximum absolute atomic E-state index is 14.2. The van der Waals surface area contributed by atoms with E-state index in [1.54, 1.807) is 24.3 Å². The highest BCUT2D eigenvalue weighted by Crippen LogP contribution is 2.28. The molecule has 3 aromatic rings. The zero-order valence-corrected chi connectivity index (χ0v) is 25.4. The molecule has 0 saturated heterocycles. The van der Waals surface area contributed by atoms with Crippen LogP contribution in [0.15, 0.2) is 77.7 Å². The number of nitrogens with zero attached hydrogens (tertiary/aromatic N) is 2. The summed E-state index contributed by atoms with van der Waals surface area (Å²) in [4.78, 5) is 29.2. The van der Waals surface area contributed by atoms with Crippen LogP contribution in [0.2, 0.25) is 0 Å². The number of amides is 2. The van der Waals surface area contributed by atoms with Crippen molar-refractivity contribution in [1.29, 1.82) is 0 Å². The maximum Gasteiger partial charge on any atom is 0.264 e. The predicted octanol–water partition coefficient (Wildman–Crippen LogP) is 5.53. The van der Waals surface area contributed by atoms with Crippen LogP contribution in [0.3, 0.4) is 0 Å². The Balaban J connectivity index is 2.10. The minimum atomic E-state index is -4.09. The van der Waals surface area contributed by atoms with Crippen molar-refractivity contribution in [3.63, 3.8) is 0 Å². The summed E-state index contributed by atoms with van der Waals surface area (Å²) in [6, 6.07) is 20.5. The molecule has 1 unspecified atom stereocenters. The number of benzene rings is 3. The number of rotatable bonds is 10. The molecule has 8 heteroatoms. The lowest BCUT2D eigenvalue weighted by molar-refractivity contribution is -0.141. The van der Waals surface area contributed by atoms with Crippen LogP contribution in [-0.4, -0.2) is 43.3 Å². The molecule has 0 aliphatic heterocycles.